The van der Waals surface area contributed by atoms with Crippen LogP contribution in [0.4, 0.5) is 4.39 Å². The molecular weight excluding hydrogens is 249 g/mol. The van der Waals surface area contributed by atoms with E-state index in [1.54, 1.807) is 6.07 Å². The maximum atomic E-state index is 13.3. The fraction of sp³-hybridized carbons (Fsp3) is 0.667. The molecule has 1 fully saturated rings. The van der Waals surface area contributed by atoms with Gasteiger partial charge in [0, 0.05) is 0 Å². The Bertz CT molecular complexity index is 404. The van der Waals surface area contributed by atoms with Gasteiger partial charge in [-0.15, -0.1) is 0 Å². The molecule has 3 unspecified atom stereocenters. The van der Waals surface area contributed by atoms with Gasteiger partial charge in [-0.3, -0.25) is 0 Å². The first-order chi connectivity index (χ1) is 9.69. The van der Waals surface area contributed by atoms with Crippen molar-refractivity contribution in [3.63, 3.8) is 0 Å². The number of nitrogens with one attached hydrogen (secondary N) is 1. The van der Waals surface area contributed by atoms with Crippen molar-refractivity contribution in [3.8, 4) is 0 Å². The Labute approximate surface area is 123 Å². The van der Waals surface area contributed by atoms with Crippen molar-refractivity contribution in [2.75, 3.05) is 13.1 Å². The quantitative estimate of drug-likeness (QED) is 0.759. The van der Waals surface area contributed by atoms with Crippen LogP contribution in [0.2, 0.25) is 0 Å². The molecule has 1 aromatic carbocycles. The van der Waals surface area contributed by atoms with Crippen molar-refractivity contribution in [2.45, 2.75) is 46.0 Å². The van der Waals surface area contributed by atoms with Crippen molar-refractivity contribution in [3.05, 3.63) is 35.6 Å². The Morgan fingerprint density at radius 3 is 2.85 bits per heavy atom. The molecule has 0 saturated heterocycles. The molecule has 2 rings (SSSR count). The molecule has 1 nitrogen and oxygen atoms in total. The minimum Gasteiger partial charge on any atom is -0.316 e. The third kappa shape index (κ3) is 4.59. The summed E-state index contributed by atoms with van der Waals surface area (Å²) in [6, 6.07) is 7.14. The Kier molecular flexibility index (Phi) is 6.03. The van der Waals surface area contributed by atoms with Gasteiger partial charge in [0.2, 0.25) is 0 Å². The zero-order chi connectivity index (χ0) is 14.4. The average molecular weight is 277 g/mol. The first-order valence-corrected chi connectivity index (χ1v) is 8.14. The molecule has 2 heteroatoms. The van der Waals surface area contributed by atoms with Gasteiger partial charge < -0.3 is 5.32 Å². The molecular formula is C18H28FN. The van der Waals surface area contributed by atoms with E-state index in [9.17, 15) is 4.39 Å². The minimum atomic E-state index is -0.105. The van der Waals surface area contributed by atoms with Gasteiger partial charge in [-0.2, -0.15) is 0 Å². The van der Waals surface area contributed by atoms with E-state index in [-0.39, 0.29) is 5.82 Å². The Hall–Kier alpha value is -0.890. The van der Waals surface area contributed by atoms with Crippen molar-refractivity contribution in [1.82, 2.24) is 5.32 Å². The lowest BCUT2D eigenvalue weighted by Gasteiger charge is -2.35. The van der Waals surface area contributed by atoms with Gasteiger partial charge in [-0.1, -0.05) is 32.4 Å². The van der Waals surface area contributed by atoms with Crippen LogP contribution in [0.25, 0.3) is 0 Å². The van der Waals surface area contributed by atoms with E-state index >= 15 is 0 Å². The Morgan fingerprint density at radius 2 is 2.10 bits per heavy atom. The molecule has 1 N–H and O–H groups in total. The highest BCUT2D eigenvalue weighted by Gasteiger charge is 2.28. The number of hydrogen-bond acceptors (Lipinski definition) is 1. The summed E-state index contributed by atoms with van der Waals surface area (Å²) in [5, 5.41) is 3.57. The molecule has 20 heavy (non-hydrogen) atoms. The van der Waals surface area contributed by atoms with Gasteiger partial charge in [0.25, 0.3) is 0 Å². The van der Waals surface area contributed by atoms with E-state index in [0.29, 0.717) is 5.92 Å². The molecule has 1 aliphatic carbocycles. The minimum absolute atomic E-state index is 0.105. The van der Waals surface area contributed by atoms with Crippen LogP contribution < -0.4 is 5.32 Å². The molecule has 112 valence electrons. The van der Waals surface area contributed by atoms with Crippen molar-refractivity contribution in [2.24, 2.45) is 17.8 Å². The highest BCUT2D eigenvalue weighted by molar-refractivity contribution is 5.17. The topological polar surface area (TPSA) is 12.0 Å². The average Bonchev–Trinajstić information content (AvgIpc) is 2.41. The summed E-state index contributed by atoms with van der Waals surface area (Å²) in [4.78, 5) is 0. The number of hydrogen-bond donors (Lipinski definition) is 1. The monoisotopic (exact) mass is 277 g/mol. The lowest BCUT2D eigenvalue weighted by atomic mass is 9.72. The highest BCUT2D eigenvalue weighted by atomic mass is 19.1. The molecule has 0 amide bonds. The zero-order valence-electron chi connectivity index (χ0n) is 12.9. The number of halogens is 1. The van der Waals surface area contributed by atoms with Crippen LogP contribution in [0.5, 0.6) is 0 Å². The molecule has 0 aromatic heterocycles. The molecule has 1 aromatic rings. The van der Waals surface area contributed by atoms with Crippen LogP contribution >= 0.6 is 0 Å². The number of rotatable bonds is 6. The van der Waals surface area contributed by atoms with E-state index in [0.717, 1.165) is 36.9 Å². The van der Waals surface area contributed by atoms with Gasteiger partial charge in [-0.25, -0.2) is 4.39 Å². The molecule has 0 spiro atoms. The SMILES string of the molecule is CCCNCC1CCC(C)CC1Cc1cccc(F)c1. The summed E-state index contributed by atoms with van der Waals surface area (Å²) in [6.07, 6.45) is 6.17. The van der Waals surface area contributed by atoms with Crippen molar-refractivity contribution < 1.29 is 4.39 Å². The second-order valence-electron chi connectivity index (χ2n) is 6.48. The zero-order valence-corrected chi connectivity index (χ0v) is 12.9. The lowest BCUT2D eigenvalue weighted by molar-refractivity contribution is 0.184. The molecule has 3 atom stereocenters. The van der Waals surface area contributed by atoms with E-state index in [1.165, 1.54) is 31.7 Å². The predicted octanol–water partition coefficient (Wildman–Crippen LogP) is 4.42. The fourth-order valence-corrected chi connectivity index (χ4v) is 3.51. The van der Waals surface area contributed by atoms with Gasteiger partial charge in [0.05, 0.1) is 0 Å². The highest BCUT2D eigenvalue weighted by Crippen LogP contribution is 2.35. The Balaban J connectivity index is 1.96. The van der Waals surface area contributed by atoms with Crippen LogP contribution in [-0.4, -0.2) is 13.1 Å². The van der Waals surface area contributed by atoms with E-state index in [1.807, 2.05) is 6.07 Å². The number of benzene rings is 1. The van der Waals surface area contributed by atoms with Gasteiger partial charge in [0.15, 0.2) is 0 Å². The van der Waals surface area contributed by atoms with Crippen LogP contribution in [-0.2, 0) is 6.42 Å². The summed E-state index contributed by atoms with van der Waals surface area (Å²) in [7, 11) is 0. The third-order valence-electron chi connectivity index (χ3n) is 4.62. The first-order valence-electron chi connectivity index (χ1n) is 8.14. The fourth-order valence-electron chi connectivity index (χ4n) is 3.51. The standard InChI is InChI=1S/C18H28FN/c1-3-9-20-13-16-8-7-14(2)10-17(16)11-15-5-4-6-18(19)12-15/h4-6,12,14,16-17,20H,3,7-11,13H2,1-2H3. The van der Waals surface area contributed by atoms with Crippen molar-refractivity contribution in [1.29, 1.82) is 0 Å². The van der Waals surface area contributed by atoms with E-state index in [4.69, 9.17) is 0 Å². The molecule has 0 radical (unpaired) electrons. The summed E-state index contributed by atoms with van der Waals surface area (Å²) in [6.45, 7) is 6.80. The van der Waals surface area contributed by atoms with E-state index < -0.39 is 0 Å². The molecule has 0 aliphatic heterocycles. The van der Waals surface area contributed by atoms with Crippen LogP contribution in [0.15, 0.2) is 24.3 Å². The van der Waals surface area contributed by atoms with Gasteiger partial charge in [0.1, 0.15) is 5.82 Å². The summed E-state index contributed by atoms with van der Waals surface area (Å²) in [5.74, 6) is 2.16. The lowest BCUT2D eigenvalue weighted by Crippen LogP contribution is -2.34. The largest absolute Gasteiger partial charge is 0.316 e. The second-order valence-corrected chi connectivity index (χ2v) is 6.48. The van der Waals surface area contributed by atoms with Crippen molar-refractivity contribution >= 4 is 0 Å². The summed E-state index contributed by atoms with van der Waals surface area (Å²) >= 11 is 0. The maximum Gasteiger partial charge on any atom is 0.123 e. The smallest absolute Gasteiger partial charge is 0.123 e. The summed E-state index contributed by atoms with van der Waals surface area (Å²) < 4.78 is 13.3. The normalized spacial score (nSPS) is 26.6. The van der Waals surface area contributed by atoms with Crippen LogP contribution in [0.1, 0.15) is 45.1 Å². The van der Waals surface area contributed by atoms with Gasteiger partial charge in [-0.05, 0) is 74.2 Å². The van der Waals surface area contributed by atoms with Gasteiger partial charge >= 0.3 is 0 Å². The molecule has 1 aliphatic rings. The molecule has 1 saturated carbocycles. The van der Waals surface area contributed by atoms with E-state index in [2.05, 4.69) is 25.2 Å². The van der Waals surface area contributed by atoms with Crippen LogP contribution in [0.3, 0.4) is 0 Å². The molecule has 0 heterocycles. The summed E-state index contributed by atoms with van der Waals surface area (Å²) in [5.41, 5.74) is 1.16. The Morgan fingerprint density at radius 1 is 1.25 bits per heavy atom. The third-order valence-corrected chi connectivity index (χ3v) is 4.62. The molecule has 0 bridgehead atoms. The maximum absolute atomic E-state index is 13.3. The van der Waals surface area contributed by atoms with Crippen LogP contribution in [0, 0.1) is 23.6 Å². The first kappa shape index (κ1) is 15.5. The second kappa shape index (κ2) is 7.78. The predicted molar refractivity (Wildman–Crippen MR) is 83.3 cm³/mol.